The lowest BCUT2D eigenvalue weighted by Gasteiger charge is -2.06. The Hall–Kier alpha value is -2.28. The number of amides is 1. The summed E-state index contributed by atoms with van der Waals surface area (Å²) < 4.78 is 5.46. The molecule has 100 valence electrons. The molecule has 0 aliphatic heterocycles. The van der Waals surface area contributed by atoms with Crippen LogP contribution in [-0.4, -0.2) is 24.8 Å². The van der Waals surface area contributed by atoms with E-state index in [1.807, 2.05) is 0 Å². The third-order valence-electron chi connectivity index (χ3n) is 2.47. The number of terminal acetylenes is 1. The van der Waals surface area contributed by atoms with Crippen LogP contribution < -0.4 is 10.1 Å². The average Bonchev–Trinajstić information content (AvgIpc) is 2.41. The fraction of sp³-hybridized carbons (Fsp3) is 0.333. The molecule has 0 aromatic heterocycles. The van der Waals surface area contributed by atoms with Crippen molar-refractivity contribution in [3.63, 3.8) is 0 Å². The zero-order chi connectivity index (χ0) is 14.1. The van der Waals surface area contributed by atoms with E-state index in [4.69, 9.17) is 11.2 Å². The van der Waals surface area contributed by atoms with E-state index in [1.54, 1.807) is 24.3 Å². The van der Waals surface area contributed by atoms with Crippen molar-refractivity contribution in [2.75, 3.05) is 13.2 Å². The smallest absolute Gasteiger partial charge is 0.220 e. The lowest BCUT2D eigenvalue weighted by atomic mass is 10.1. The van der Waals surface area contributed by atoms with Gasteiger partial charge in [0.25, 0.3) is 0 Å². The van der Waals surface area contributed by atoms with E-state index in [2.05, 4.69) is 11.2 Å². The summed E-state index contributed by atoms with van der Waals surface area (Å²) in [4.78, 5) is 22.3. The minimum atomic E-state index is -0.0755. The molecule has 0 spiro atoms. The first kappa shape index (κ1) is 14.8. The molecule has 0 atom stereocenters. The zero-order valence-corrected chi connectivity index (χ0v) is 10.9. The monoisotopic (exact) mass is 259 g/mol. The number of nitrogens with one attached hydrogen (secondary N) is 1. The highest BCUT2D eigenvalue weighted by Gasteiger charge is 2.01. The van der Waals surface area contributed by atoms with Crippen LogP contribution in [0, 0.1) is 12.3 Å². The summed E-state index contributed by atoms with van der Waals surface area (Å²) in [6, 6.07) is 6.93. The first-order valence-electron chi connectivity index (χ1n) is 6.07. The van der Waals surface area contributed by atoms with Crippen LogP contribution in [0.1, 0.15) is 30.1 Å². The standard InChI is InChI=1S/C15H17NO3/c1-3-10-16-15(18)5-4-11-19-14-8-6-13(7-9-14)12(2)17/h1,6-9H,4-5,10-11H2,2H3,(H,16,18). The summed E-state index contributed by atoms with van der Waals surface area (Å²) in [6.45, 7) is 2.22. The molecule has 1 N–H and O–H groups in total. The van der Waals surface area contributed by atoms with Crippen molar-refractivity contribution in [3.8, 4) is 18.1 Å². The molecule has 0 aliphatic carbocycles. The van der Waals surface area contributed by atoms with Crippen LogP contribution >= 0.6 is 0 Å². The van der Waals surface area contributed by atoms with Gasteiger partial charge in [-0.2, -0.15) is 0 Å². The quantitative estimate of drug-likeness (QED) is 0.461. The van der Waals surface area contributed by atoms with E-state index in [-0.39, 0.29) is 18.2 Å². The summed E-state index contributed by atoms with van der Waals surface area (Å²) in [5, 5.41) is 2.58. The number of ketones is 1. The molecule has 1 aromatic carbocycles. The normalized spacial score (nSPS) is 9.47. The number of Topliss-reactive ketones (excluding diaryl/α,β-unsaturated/α-hetero) is 1. The highest BCUT2D eigenvalue weighted by atomic mass is 16.5. The molecule has 0 unspecified atom stereocenters. The fourth-order valence-electron chi connectivity index (χ4n) is 1.45. The maximum absolute atomic E-state index is 11.2. The Morgan fingerprint density at radius 3 is 2.58 bits per heavy atom. The number of ether oxygens (including phenoxy) is 1. The number of hydrogen-bond acceptors (Lipinski definition) is 3. The molecule has 0 saturated carbocycles. The molecule has 1 aromatic rings. The molecule has 0 bridgehead atoms. The second-order valence-corrected chi connectivity index (χ2v) is 4.01. The number of carbonyl (C=O) groups excluding carboxylic acids is 2. The minimum Gasteiger partial charge on any atom is -0.494 e. The van der Waals surface area contributed by atoms with Crippen molar-refractivity contribution >= 4 is 11.7 Å². The molecule has 4 heteroatoms. The molecular formula is C15H17NO3. The summed E-state index contributed by atoms with van der Waals surface area (Å²) in [5.41, 5.74) is 0.654. The van der Waals surface area contributed by atoms with Gasteiger partial charge >= 0.3 is 0 Å². The maximum atomic E-state index is 11.2. The van der Waals surface area contributed by atoms with Gasteiger partial charge in [-0.1, -0.05) is 5.92 Å². The van der Waals surface area contributed by atoms with Crippen molar-refractivity contribution < 1.29 is 14.3 Å². The first-order valence-corrected chi connectivity index (χ1v) is 6.07. The highest BCUT2D eigenvalue weighted by molar-refractivity contribution is 5.94. The summed E-state index contributed by atoms with van der Waals surface area (Å²) in [5.74, 6) is 2.98. The Balaban J connectivity index is 2.24. The number of benzene rings is 1. The Labute approximate surface area is 113 Å². The van der Waals surface area contributed by atoms with E-state index < -0.39 is 0 Å². The Morgan fingerprint density at radius 2 is 2.00 bits per heavy atom. The van der Waals surface area contributed by atoms with Gasteiger partial charge in [-0.15, -0.1) is 6.42 Å². The zero-order valence-electron chi connectivity index (χ0n) is 10.9. The second kappa shape index (κ2) is 7.93. The topological polar surface area (TPSA) is 55.4 Å². The lowest BCUT2D eigenvalue weighted by Crippen LogP contribution is -2.23. The molecule has 0 aliphatic rings. The van der Waals surface area contributed by atoms with Crippen LogP contribution in [0.3, 0.4) is 0 Å². The van der Waals surface area contributed by atoms with Gasteiger partial charge in [-0.05, 0) is 37.6 Å². The molecule has 1 amide bonds. The Bertz CT molecular complexity index is 471. The molecule has 0 fully saturated rings. The van der Waals surface area contributed by atoms with Crippen LogP contribution in [0.25, 0.3) is 0 Å². The van der Waals surface area contributed by atoms with Crippen LogP contribution in [-0.2, 0) is 4.79 Å². The van der Waals surface area contributed by atoms with Crippen molar-refractivity contribution in [3.05, 3.63) is 29.8 Å². The molecule has 0 radical (unpaired) electrons. The van der Waals surface area contributed by atoms with Crippen LogP contribution in [0.5, 0.6) is 5.75 Å². The molecule has 0 saturated heterocycles. The minimum absolute atomic E-state index is 0.0248. The lowest BCUT2D eigenvalue weighted by molar-refractivity contribution is -0.121. The van der Waals surface area contributed by atoms with Gasteiger partial charge in [0, 0.05) is 12.0 Å². The second-order valence-electron chi connectivity index (χ2n) is 4.01. The van der Waals surface area contributed by atoms with Crippen molar-refractivity contribution in [1.82, 2.24) is 5.32 Å². The number of carbonyl (C=O) groups is 2. The van der Waals surface area contributed by atoms with Gasteiger partial charge in [0.15, 0.2) is 5.78 Å². The van der Waals surface area contributed by atoms with Gasteiger partial charge < -0.3 is 10.1 Å². The molecule has 1 rings (SSSR count). The summed E-state index contributed by atoms with van der Waals surface area (Å²) in [6.07, 6.45) is 6.03. The largest absolute Gasteiger partial charge is 0.494 e. The average molecular weight is 259 g/mol. The van der Waals surface area contributed by atoms with Crippen LogP contribution in [0.4, 0.5) is 0 Å². The maximum Gasteiger partial charge on any atom is 0.220 e. The van der Waals surface area contributed by atoms with Gasteiger partial charge in [-0.25, -0.2) is 0 Å². The van der Waals surface area contributed by atoms with E-state index in [0.29, 0.717) is 30.8 Å². The predicted molar refractivity (Wildman–Crippen MR) is 73.0 cm³/mol. The van der Waals surface area contributed by atoms with E-state index in [0.717, 1.165) is 0 Å². The SMILES string of the molecule is C#CCNC(=O)CCCOc1ccc(C(C)=O)cc1. The van der Waals surface area contributed by atoms with Crippen molar-refractivity contribution in [2.24, 2.45) is 0 Å². The number of hydrogen-bond donors (Lipinski definition) is 1. The summed E-state index contributed by atoms with van der Waals surface area (Å²) in [7, 11) is 0. The highest BCUT2D eigenvalue weighted by Crippen LogP contribution is 2.12. The van der Waals surface area contributed by atoms with Gasteiger partial charge in [-0.3, -0.25) is 9.59 Å². The summed E-state index contributed by atoms with van der Waals surface area (Å²) >= 11 is 0. The molecule has 4 nitrogen and oxygen atoms in total. The van der Waals surface area contributed by atoms with Crippen molar-refractivity contribution in [1.29, 1.82) is 0 Å². The third-order valence-corrected chi connectivity index (χ3v) is 2.47. The van der Waals surface area contributed by atoms with E-state index in [1.165, 1.54) is 6.92 Å². The molecule has 0 heterocycles. The Kier molecular flexibility index (Phi) is 6.17. The fourth-order valence-corrected chi connectivity index (χ4v) is 1.45. The van der Waals surface area contributed by atoms with Gasteiger partial charge in [0.05, 0.1) is 13.2 Å². The van der Waals surface area contributed by atoms with Gasteiger partial charge in [0.1, 0.15) is 5.75 Å². The number of rotatable bonds is 7. The van der Waals surface area contributed by atoms with E-state index in [9.17, 15) is 9.59 Å². The van der Waals surface area contributed by atoms with Crippen LogP contribution in [0.2, 0.25) is 0 Å². The molecular weight excluding hydrogens is 242 g/mol. The Morgan fingerprint density at radius 1 is 1.32 bits per heavy atom. The van der Waals surface area contributed by atoms with Crippen molar-refractivity contribution in [2.45, 2.75) is 19.8 Å². The third kappa shape index (κ3) is 5.73. The van der Waals surface area contributed by atoms with E-state index >= 15 is 0 Å². The van der Waals surface area contributed by atoms with Gasteiger partial charge in [0.2, 0.25) is 5.91 Å². The predicted octanol–water partition coefficient (Wildman–Crippen LogP) is 1.80. The van der Waals surface area contributed by atoms with Crippen LogP contribution in [0.15, 0.2) is 24.3 Å². The molecule has 19 heavy (non-hydrogen) atoms. The first-order chi connectivity index (χ1) is 9.13.